The molecule has 1 amide bonds. The van der Waals surface area contributed by atoms with E-state index >= 15 is 0 Å². The van der Waals surface area contributed by atoms with Gasteiger partial charge < -0.3 is 9.47 Å². The second-order valence-electron chi connectivity index (χ2n) is 6.44. The smallest absolute Gasteiger partial charge is 0.355 e. The van der Waals surface area contributed by atoms with Crippen molar-refractivity contribution in [3.8, 4) is 0 Å². The highest BCUT2D eigenvalue weighted by molar-refractivity contribution is 8.00. The molecular formula is C19H21NO5S. The van der Waals surface area contributed by atoms with Crippen LogP contribution in [0.2, 0.25) is 0 Å². The molecule has 0 N–H and O–H groups in total. The molecule has 1 saturated heterocycles. The number of carbonyl (C=O) groups excluding carboxylic acids is 3. The van der Waals surface area contributed by atoms with Crippen LogP contribution in [0.15, 0.2) is 41.6 Å². The Kier molecular flexibility index (Phi) is 5.36. The molecule has 2 aliphatic heterocycles. The lowest BCUT2D eigenvalue weighted by atomic mass is 9.91. The lowest BCUT2D eigenvalue weighted by Crippen LogP contribution is -2.64. The van der Waals surface area contributed by atoms with E-state index in [4.69, 9.17) is 9.47 Å². The Morgan fingerprint density at radius 3 is 2.65 bits per heavy atom. The van der Waals surface area contributed by atoms with E-state index in [9.17, 15) is 14.4 Å². The van der Waals surface area contributed by atoms with E-state index in [2.05, 4.69) is 0 Å². The van der Waals surface area contributed by atoms with Crippen molar-refractivity contribution in [3.63, 3.8) is 0 Å². The topological polar surface area (TPSA) is 72.9 Å². The van der Waals surface area contributed by atoms with Gasteiger partial charge in [0.05, 0.1) is 5.37 Å². The van der Waals surface area contributed by atoms with Crippen molar-refractivity contribution < 1.29 is 23.9 Å². The first-order valence-electron chi connectivity index (χ1n) is 8.43. The summed E-state index contributed by atoms with van der Waals surface area (Å²) in [6, 6.07) is 9.39. The van der Waals surface area contributed by atoms with Crippen molar-refractivity contribution in [2.75, 3.05) is 5.75 Å². The molecule has 6 nitrogen and oxygen atoms in total. The lowest BCUT2D eigenvalue weighted by Gasteiger charge is -2.51. The number of carbonyl (C=O) groups is 3. The summed E-state index contributed by atoms with van der Waals surface area (Å²) in [4.78, 5) is 37.9. The van der Waals surface area contributed by atoms with Gasteiger partial charge in [-0.1, -0.05) is 30.3 Å². The summed E-state index contributed by atoms with van der Waals surface area (Å²) in [6.45, 7) is 5.02. The summed E-state index contributed by atoms with van der Waals surface area (Å²) in [6.07, 6.45) is -0.520. The number of thioether (sulfide) groups is 1. The van der Waals surface area contributed by atoms with Crippen LogP contribution >= 0.6 is 11.8 Å². The maximum atomic E-state index is 12.6. The van der Waals surface area contributed by atoms with Crippen molar-refractivity contribution in [2.45, 2.75) is 38.9 Å². The Hall–Kier alpha value is -2.28. The molecule has 3 rings (SSSR count). The number of benzene rings is 1. The van der Waals surface area contributed by atoms with Crippen molar-refractivity contribution in [1.82, 2.24) is 4.90 Å². The molecule has 0 spiro atoms. The molecule has 3 atom stereocenters. The largest absolute Gasteiger partial charge is 0.462 e. The van der Waals surface area contributed by atoms with Gasteiger partial charge in [-0.15, -0.1) is 11.8 Å². The minimum absolute atomic E-state index is 0.156. The molecule has 0 saturated carbocycles. The van der Waals surface area contributed by atoms with E-state index in [-0.39, 0.29) is 17.9 Å². The molecule has 1 aromatic carbocycles. The molecule has 2 heterocycles. The zero-order valence-electron chi connectivity index (χ0n) is 14.9. The standard InChI is InChI=1S/C19H21NO5S/c1-11-10-26-18-15(12(2)25-13(3)21)17(22)20(18)16(11)19(23)24-9-14-7-5-4-6-8-14/h4-8,12,15,18H,9-10H2,1-3H3/t12?,15-,18-/m0/s1. The van der Waals surface area contributed by atoms with Crippen LogP contribution in [0, 0.1) is 5.92 Å². The second kappa shape index (κ2) is 7.53. The van der Waals surface area contributed by atoms with Gasteiger partial charge in [-0.05, 0) is 25.0 Å². The molecule has 0 aromatic heterocycles. The first-order valence-corrected chi connectivity index (χ1v) is 9.47. The van der Waals surface area contributed by atoms with Crippen LogP contribution in [0.25, 0.3) is 0 Å². The van der Waals surface area contributed by atoms with E-state index in [1.165, 1.54) is 11.8 Å². The molecule has 7 heteroatoms. The zero-order chi connectivity index (χ0) is 18.8. The number of β-lactam (4-membered cyclic amide) rings is 1. The predicted octanol–water partition coefficient (Wildman–Crippen LogP) is 2.49. The van der Waals surface area contributed by atoms with Gasteiger partial charge in [0.15, 0.2) is 0 Å². The Morgan fingerprint density at radius 2 is 2.00 bits per heavy atom. The predicted molar refractivity (Wildman–Crippen MR) is 96.7 cm³/mol. The summed E-state index contributed by atoms with van der Waals surface area (Å²) in [7, 11) is 0. The summed E-state index contributed by atoms with van der Waals surface area (Å²) >= 11 is 1.57. The lowest BCUT2D eigenvalue weighted by molar-refractivity contribution is -0.167. The number of hydrogen-bond donors (Lipinski definition) is 0. The number of nitrogens with zero attached hydrogens (tertiary/aromatic N) is 1. The van der Waals surface area contributed by atoms with Crippen LogP contribution < -0.4 is 0 Å². The molecule has 1 unspecified atom stereocenters. The van der Waals surface area contributed by atoms with E-state index in [0.29, 0.717) is 11.4 Å². The average Bonchev–Trinajstić information content (AvgIpc) is 2.60. The number of rotatable bonds is 5. The minimum atomic E-state index is -0.520. The fourth-order valence-corrected chi connectivity index (χ4v) is 4.68. The van der Waals surface area contributed by atoms with Gasteiger partial charge in [-0.3, -0.25) is 14.5 Å². The Bertz CT molecular complexity index is 760. The van der Waals surface area contributed by atoms with Gasteiger partial charge in [-0.25, -0.2) is 4.79 Å². The van der Waals surface area contributed by atoms with Crippen LogP contribution in [-0.2, 0) is 30.5 Å². The summed E-state index contributed by atoms with van der Waals surface area (Å²) in [5.41, 5.74) is 2.02. The van der Waals surface area contributed by atoms with Crippen LogP contribution in [0.3, 0.4) is 0 Å². The SMILES string of the molecule is CC(=O)OC(C)[C@H]1C(=O)N2C(C(=O)OCc3ccccc3)=C(C)CS[C@@H]12. The molecular weight excluding hydrogens is 354 g/mol. The third-order valence-corrected chi connectivity index (χ3v) is 5.91. The van der Waals surface area contributed by atoms with Gasteiger partial charge >= 0.3 is 11.9 Å². The molecule has 0 radical (unpaired) electrons. The van der Waals surface area contributed by atoms with Gasteiger partial charge in [0.1, 0.15) is 24.3 Å². The number of ether oxygens (including phenoxy) is 2. The number of fused-ring (bicyclic) bond motifs is 1. The Balaban J connectivity index is 1.71. The van der Waals surface area contributed by atoms with E-state index in [1.807, 2.05) is 37.3 Å². The van der Waals surface area contributed by atoms with Gasteiger partial charge in [0.2, 0.25) is 5.91 Å². The summed E-state index contributed by atoms with van der Waals surface area (Å²) in [5, 5.41) is -0.208. The van der Waals surface area contributed by atoms with E-state index < -0.39 is 24.0 Å². The highest BCUT2D eigenvalue weighted by atomic mass is 32.2. The van der Waals surface area contributed by atoms with Crippen molar-refractivity contribution in [1.29, 1.82) is 0 Å². The fraction of sp³-hybridized carbons (Fsp3) is 0.421. The highest BCUT2D eigenvalue weighted by Gasteiger charge is 2.56. The molecule has 138 valence electrons. The second-order valence-corrected chi connectivity index (χ2v) is 7.55. The molecule has 1 aromatic rings. The first-order chi connectivity index (χ1) is 12.4. The molecule has 26 heavy (non-hydrogen) atoms. The van der Waals surface area contributed by atoms with E-state index in [1.54, 1.807) is 18.7 Å². The van der Waals surface area contributed by atoms with E-state index in [0.717, 1.165) is 11.1 Å². The minimum Gasteiger partial charge on any atom is -0.462 e. The first kappa shape index (κ1) is 18.5. The number of hydrogen-bond acceptors (Lipinski definition) is 6. The highest BCUT2D eigenvalue weighted by Crippen LogP contribution is 2.45. The zero-order valence-corrected chi connectivity index (χ0v) is 15.7. The average molecular weight is 375 g/mol. The van der Waals surface area contributed by atoms with Crippen molar-refractivity contribution in [3.05, 3.63) is 47.2 Å². The molecule has 0 bridgehead atoms. The maximum Gasteiger partial charge on any atom is 0.355 e. The van der Waals surface area contributed by atoms with Crippen molar-refractivity contribution >= 4 is 29.6 Å². The summed E-state index contributed by atoms with van der Waals surface area (Å²) in [5.74, 6) is -0.925. The van der Waals surface area contributed by atoms with Crippen LogP contribution in [0.5, 0.6) is 0 Å². The fourth-order valence-electron chi connectivity index (χ4n) is 3.22. The van der Waals surface area contributed by atoms with Crippen LogP contribution in [0.1, 0.15) is 26.3 Å². The monoisotopic (exact) mass is 375 g/mol. The molecule has 2 aliphatic rings. The van der Waals surface area contributed by atoms with Crippen LogP contribution in [0.4, 0.5) is 0 Å². The quantitative estimate of drug-likeness (QED) is 0.582. The molecule has 0 aliphatic carbocycles. The van der Waals surface area contributed by atoms with Gasteiger partial charge in [0.25, 0.3) is 0 Å². The third-order valence-electron chi connectivity index (χ3n) is 4.46. The Morgan fingerprint density at radius 1 is 1.31 bits per heavy atom. The third kappa shape index (κ3) is 3.49. The normalized spacial score (nSPS) is 23.0. The van der Waals surface area contributed by atoms with Crippen molar-refractivity contribution in [2.24, 2.45) is 5.92 Å². The summed E-state index contributed by atoms with van der Waals surface area (Å²) < 4.78 is 10.6. The van der Waals surface area contributed by atoms with Crippen LogP contribution in [-0.4, -0.2) is 40.0 Å². The maximum absolute atomic E-state index is 12.6. The van der Waals surface area contributed by atoms with Gasteiger partial charge in [-0.2, -0.15) is 0 Å². The number of esters is 2. The molecule has 1 fully saturated rings. The Labute approximate surface area is 156 Å². The van der Waals surface area contributed by atoms with Gasteiger partial charge in [0, 0.05) is 12.7 Å². The number of amides is 1.